The predicted molar refractivity (Wildman–Crippen MR) is 131 cm³/mol. The fourth-order valence-electron chi connectivity index (χ4n) is 4.85. The Hall–Kier alpha value is -2.49. The predicted octanol–water partition coefficient (Wildman–Crippen LogP) is 7.51. The van der Waals surface area contributed by atoms with Crippen LogP contribution in [0.2, 0.25) is 0 Å². The van der Waals surface area contributed by atoms with Gasteiger partial charge < -0.3 is 0 Å². The van der Waals surface area contributed by atoms with Gasteiger partial charge in [0.25, 0.3) is 0 Å². The van der Waals surface area contributed by atoms with Crippen molar-refractivity contribution in [2.24, 2.45) is 0 Å². The number of benzene rings is 3. The number of Topliss-reactive ketones (excluding diaryl/α,β-unsaturated/α-hetero) is 1. The van der Waals surface area contributed by atoms with Gasteiger partial charge in [-0.2, -0.15) is 0 Å². The molecule has 3 aliphatic rings. The van der Waals surface area contributed by atoms with E-state index in [1.165, 1.54) is 16.3 Å². The summed E-state index contributed by atoms with van der Waals surface area (Å²) >= 11 is 7.17. The Labute approximate surface area is 191 Å². The fraction of sp³-hybridized carbons (Fsp3) is 0.0741. The smallest absolute Gasteiger partial charge is 0.195 e. The highest BCUT2D eigenvalue weighted by atomic mass is 79.9. The molecule has 0 saturated heterocycles. The molecule has 0 heterocycles. The van der Waals surface area contributed by atoms with Gasteiger partial charge in [0.1, 0.15) is 0 Å². The lowest BCUT2D eigenvalue weighted by Gasteiger charge is -2.14. The van der Waals surface area contributed by atoms with Crippen LogP contribution in [-0.2, 0) is 4.79 Å². The molecule has 3 aromatic rings. The van der Waals surface area contributed by atoms with Crippen molar-refractivity contribution in [3.8, 4) is 0 Å². The number of fused-ring (bicyclic) bond motifs is 3. The number of rotatable bonds is 2. The number of hydrogen-bond acceptors (Lipinski definition) is 1. The Bertz CT molecular complexity index is 1380. The maximum atomic E-state index is 13.9. The molecule has 30 heavy (non-hydrogen) atoms. The Kier molecular flexibility index (Phi) is 4.12. The minimum absolute atomic E-state index is 0.123. The topological polar surface area (TPSA) is 17.1 Å². The van der Waals surface area contributed by atoms with Crippen molar-refractivity contribution in [3.63, 3.8) is 0 Å². The lowest BCUT2D eigenvalue weighted by molar-refractivity contribution is -0.110. The van der Waals surface area contributed by atoms with E-state index in [4.69, 9.17) is 0 Å². The Morgan fingerprint density at radius 2 is 1.47 bits per heavy atom. The molecule has 3 aromatic carbocycles. The Balaban J connectivity index is 1.69. The molecule has 1 nitrogen and oxygen atoms in total. The average molecular weight is 516 g/mol. The second-order valence-corrected chi connectivity index (χ2v) is 9.91. The summed E-state index contributed by atoms with van der Waals surface area (Å²) in [7, 11) is 0. The zero-order chi connectivity index (χ0) is 20.4. The molecule has 0 saturated carbocycles. The quantitative estimate of drug-likeness (QED) is 0.322. The van der Waals surface area contributed by atoms with Gasteiger partial charge in [0.2, 0.25) is 0 Å². The highest BCUT2D eigenvalue weighted by molar-refractivity contribution is 9.10. The molecule has 0 N–H and O–H groups in total. The van der Waals surface area contributed by atoms with E-state index in [0.717, 1.165) is 49.9 Å². The van der Waals surface area contributed by atoms with Gasteiger partial charge in [-0.05, 0) is 51.6 Å². The van der Waals surface area contributed by atoms with Crippen LogP contribution in [-0.4, -0.2) is 10.6 Å². The van der Waals surface area contributed by atoms with Crippen LogP contribution in [0.15, 0.2) is 94.5 Å². The average Bonchev–Trinajstić information content (AvgIpc) is 3.23. The largest absolute Gasteiger partial charge is 0.289 e. The van der Waals surface area contributed by atoms with Crippen molar-refractivity contribution in [3.05, 3.63) is 111 Å². The van der Waals surface area contributed by atoms with E-state index in [9.17, 15) is 4.79 Å². The van der Waals surface area contributed by atoms with E-state index in [-0.39, 0.29) is 5.78 Å². The first-order valence-corrected chi connectivity index (χ1v) is 11.7. The third-order valence-corrected chi connectivity index (χ3v) is 7.32. The molecule has 1 unspecified atom stereocenters. The summed E-state index contributed by atoms with van der Waals surface area (Å²) in [6.07, 6.45) is 7.30. The van der Waals surface area contributed by atoms with Crippen molar-refractivity contribution in [2.45, 2.75) is 11.2 Å². The molecule has 3 aliphatic carbocycles. The summed E-state index contributed by atoms with van der Waals surface area (Å²) in [5.74, 6) is 0.123. The molecule has 144 valence electrons. The van der Waals surface area contributed by atoms with E-state index in [1.54, 1.807) is 0 Å². The van der Waals surface area contributed by atoms with Crippen LogP contribution in [0.25, 0.3) is 27.5 Å². The van der Waals surface area contributed by atoms with E-state index >= 15 is 0 Å². The fourth-order valence-corrected chi connectivity index (χ4v) is 5.45. The summed E-state index contributed by atoms with van der Waals surface area (Å²) in [4.78, 5) is 14.2. The Morgan fingerprint density at radius 1 is 0.800 bits per heavy atom. The van der Waals surface area contributed by atoms with Crippen LogP contribution in [0.4, 0.5) is 0 Å². The van der Waals surface area contributed by atoms with Crippen LogP contribution in [0.3, 0.4) is 0 Å². The first-order valence-electron chi connectivity index (χ1n) is 9.98. The molecule has 1 atom stereocenters. The van der Waals surface area contributed by atoms with Crippen LogP contribution < -0.4 is 0 Å². The summed E-state index contributed by atoms with van der Waals surface area (Å²) in [6.45, 7) is 0. The van der Waals surface area contributed by atoms with Crippen LogP contribution in [0.5, 0.6) is 0 Å². The van der Waals surface area contributed by atoms with Crippen molar-refractivity contribution in [2.75, 3.05) is 0 Å². The first kappa shape index (κ1) is 18.3. The molecule has 0 fully saturated rings. The zero-order valence-electron chi connectivity index (χ0n) is 16.0. The normalized spacial score (nSPS) is 19.7. The summed E-state index contributed by atoms with van der Waals surface area (Å²) < 4.78 is 1.01. The number of hydrogen-bond donors (Lipinski definition) is 0. The molecular weight excluding hydrogens is 500 g/mol. The molecule has 0 radical (unpaired) electrons. The standard InChI is InChI=1S/C27H16Br2O/c28-18-11-7-16(8-12-18)23-25-20-5-1-3-15-4-2-6-21(22(15)20)26(25)24(27(23)30)17-9-13-19(29)14-10-17/h1-13,19H,14H2. The lowest BCUT2D eigenvalue weighted by atomic mass is 9.91. The first-order chi connectivity index (χ1) is 14.6. The highest BCUT2D eigenvalue weighted by Crippen LogP contribution is 2.56. The summed E-state index contributed by atoms with van der Waals surface area (Å²) in [5, 5.41) is 2.47. The SMILES string of the molecule is O=C1C(C2=CCC(Br)C=C2)=C2C(=C1c1ccc(Br)cc1)c1cccc3cccc2c13. The van der Waals surface area contributed by atoms with Gasteiger partial charge in [0.05, 0.1) is 0 Å². The van der Waals surface area contributed by atoms with Gasteiger partial charge in [-0.25, -0.2) is 0 Å². The van der Waals surface area contributed by atoms with Gasteiger partial charge in [0, 0.05) is 31.6 Å². The van der Waals surface area contributed by atoms with Gasteiger partial charge in [-0.15, -0.1) is 0 Å². The van der Waals surface area contributed by atoms with E-state index in [1.807, 2.05) is 24.3 Å². The maximum absolute atomic E-state index is 13.9. The van der Waals surface area contributed by atoms with Gasteiger partial charge >= 0.3 is 0 Å². The van der Waals surface area contributed by atoms with Crippen molar-refractivity contribution in [1.82, 2.24) is 0 Å². The van der Waals surface area contributed by atoms with E-state index in [0.29, 0.717) is 4.83 Å². The molecule has 0 spiro atoms. The minimum Gasteiger partial charge on any atom is -0.289 e. The van der Waals surface area contributed by atoms with Gasteiger partial charge in [-0.1, -0.05) is 98.6 Å². The molecular formula is C27H16Br2O. The second-order valence-electron chi connectivity index (χ2n) is 7.82. The number of alkyl halides is 1. The molecule has 6 rings (SSSR count). The molecule has 3 heteroatoms. The third-order valence-electron chi connectivity index (χ3n) is 6.12. The Morgan fingerprint density at radius 3 is 2.10 bits per heavy atom. The van der Waals surface area contributed by atoms with Crippen LogP contribution >= 0.6 is 31.9 Å². The number of allylic oxidation sites excluding steroid dienone is 8. The number of halogens is 2. The van der Waals surface area contributed by atoms with Crippen LogP contribution in [0, 0.1) is 0 Å². The number of ketones is 1. The molecule has 0 bridgehead atoms. The number of carbonyl (C=O) groups is 1. The minimum atomic E-state index is 0.123. The monoisotopic (exact) mass is 514 g/mol. The summed E-state index contributed by atoms with van der Waals surface area (Å²) in [6, 6.07) is 20.9. The summed E-state index contributed by atoms with van der Waals surface area (Å²) in [5.41, 5.74) is 8.15. The molecule has 0 aliphatic heterocycles. The third kappa shape index (κ3) is 2.55. The van der Waals surface area contributed by atoms with Crippen LogP contribution in [0.1, 0.15) is 23.1 Å². The van der Waals surface area contributed by atoms with Crippen molar-refractivity contribution in [1.29, 1.82) is 0 Å². The van der Waals surface area contributed by atoms with Gasteiger partial charge in [-0.3, -0.25) is 4.79 Å². The van der Waals surface area contributed by atoms with E-state index in [2.05, 4.69) is 86.5 Å². The second kappa shape index (κ2) is 6.76. The maximum Gasteiger partial charge on any atom is 0.195 e. The van der Waals surface area contributed by atoms with E-state index < -0.39 is 0 Å². The molecule has 0 amide bonds. The van der Waals surface area contributed by atoms with Crippen molar-refractivity contribution >= 4 is 65.1 Å². The van der Waals surface area contributed by atoms with Crippen molar-refractivity contribution < 1.29 is 4.79 Å². The lowest BCUT2D eigenvalue weighted by Crippen LogP contribution is -2.07. The molecule has 0 aromatic heterocycles. The van der Waals surface area contributed by atoms with Gasteiger partial charge in [0.15, 0.2) is 5.78 Å². The zero-order valence-corrected chi connectivity index (χ0v) is 19.1. The number of carbonyl (C=O) groups excluding carboxylic acids is 1. The highest BCUT2D eigenvalue weighted by Gasteiger charge is 2.40.